The summed E-state index contributed by atoms with van der Waals surface area (Å²) < 4.78 is 6.99. The number of ether oxygens (including phenoxy) is 1. The fourth-order valence-corrected chi connectivity index (χ4v) is 3.32. The van der Waals surface area contributed by atoms with Gasteiger partial charge in [-0.05, 0) is 39.0 Å². The van der Waals surface area contributed by atoms with E-state index >= 15 is 0 Å². The van der Waals surface area contributed by atoms with Crippen LogP contribution in [-0.2, 0) is 16.1 Å². The summed E-state index contributed by atoms with van der Waals surface area (Å²) in [5.41, 5.74) is 3.95. The minimum Gasteiger partial charge on any atom is -0.383 e. The average molecular weight is 319 g/mol. The second-order valence-corrected chi connectivity index (χ2v) is 7.32. The normalized spacial score (nSPS) is 21.9. The van der Waals surface area contributed by atoms with E-state index in [0.29, 0.717) is 19.1 Å². The van der Waals surface area contributed by atoms with Gasteiger partial charge in [0.05, 0.1) is 36.1 Å². The summed E-state index contributed by atoms with van der Waals surface area (Å²) in [6, 6.07) is 0. The number of carbonyl (C=O) groups is 1. The molecule has 0 aromatic carbocycles. The Kier molecular flexibility index (Phi) is 4.99. The van der Waals surface area contributed by atoms with Crippen molar-refractivity contribution in [1.82, 2.24) is 9.78 Å². The number of amides is 1. The van der Waals surface area contributed by atoms with Gasteiger partial charge in [0.2, 0.25) is 5.91 Å². The fourth-order valence-electron chi connectivity index (χ4n) is 3.32. The van der Waals surface area contributed by atoms with Gasteiger partial charge in [0, 0.05) is 7.11 Å². The molecule has 1 fully saturated rings. The molecule has 0 bridgehead atoms. The van der Waals surface area contributed by atoms with Gasteiger partial charge in [-0.25, -0.2) is 0 Å². The molecule has 1 saturated carbocycles. The first-order chi connectivity index (χ1) is 10.7. The van der Waals surface area contributed by atoms with Gasteiger partial charge in [0.15, 0.2) is 0 Å². The first kappa shape index (κ1) is 17.7. The molecule has 0 unspecified atom stereocenters. The number of anilines is 1. The molecule has 1 aromatic rings. The number of nitrogens with one attached hydrogen (secondary N) is 1. The Morgan fingerprint density at radius 3 is 2.61 bits per heavy atom. The number of hydrogen-bond donors (Lipinski definition) is 1. The van der Waals surface area contributed by atoms with E-state index in [-0.39, 0.29) is 17.2 Å². The maximum atomic E-state index is 12.7. The van der Waals surface area contributed by atoms with Crippen molar-refractivity contribution >= 4 is 11.6 Å². The van der Waals surface area contributed by atoms with E-state index < -0.39 is 0 Å². The second kappa shape index (κ2) is 6.48. The number of nitrogens with zero attached hydrogens (tertiary/aromatic N) is 2. The van der Waals surface area contributed by atoms with E-state index in [1.165, 1.54) is 5.57 Å². The molecule has 0 radical (unpaired) electrons. The highest BCUT2D eigenvalue weighted by atomic mass is 16.5. The van der Waals surface area contributed by atoms with Crippen LogP contribution in [0.25, 0.3) is 0 Å². The van der Waals surface area contributed by atoms with Crippen LogP contribution in [0.2, 0.25) is 0 Å². The van der Waals surface area contributed by atoms with Crippen LogP contribution < -0.4 is 5.32 Å². The van der Waals surface area contributed by atoms with Crippen molar-refractivity contribution in [3.63, 3.8) is 0 Å². The van der Waals surface area contributed by atoms with Crippen molar-refractivity contribution in [3.05, 3.63) is 23.0 Å². The first-order valence-corrected chi connectivity index (χ1v) is 8.19. The summed E-state index contributed by atoms with van der Waals surface area (Å²) in [5.74, 6) is 0.435. The number of rotatable bonds is 6. The van der Waals surface area contributed by atoms with Crippen LogP contribution >= 0.6 is 0 Å². The summed E-state index contributed by atoms with van der Waals surface area (Å²) >= 11 is 0. The predicted molar refractivity (Wildman–Crippen MR) is 92.4 cm³/mol. The molecule has 1 aromatic heterocycles. The predicted octanol–water partition coefficient (Wildman–Crippen LogP) is 3.32. The molecule has 1 amide bonds. The van der Waals surface area contributed by atoms with Crippen molar-refractivity contribution in [2.45, 2.75) is 48.1 Å². The molecule has 5 nitrogen and oxygen atoms in total. The Labute approximate surface area is 139 Å². The molecule has 0 spiro atoms. The number of methoxy groups -OCH3 is 1. The van der Waals surface area contributed by atoms with E-state index in [9.17, 15) is 4.79 Å². The molecule has 5 heteroatoms. The van der Waals surface area contributed by atoms with Gasteiger partial charge < -0.3 is 10.1 Å². The third-order valence-corrected chi connectivity index (χ3v) is 4.84. The standard InChI is InChI=1S/C18H29N3O2/c1-11(2)10-14-15(18(14,5)6)17(22)19-16-12(3)20-21(13(16)4)8-9-23-7/h10,14-15H,8-9H2,1-7H3,(H,19,22)/t14-,15-/m1/s1. The molecule has 0 aliphatic heterocycles. The molecule has 1 aliphatic carbocycles. The lowest BCUT2D eigenvalue weighted by Crippen LogP contribution is -2.18. The summed E-state index contributed by atoms with van der Waals surface area (Å²) in [6.45, 7) is 13.7. The largest absolute Gasteiger partial charge is 0.383 e. The zero-order chi connectivity index (χ0) is 17.4. The Bertz CT molecular complexity index is 624. The van der Waals surface area contributed by atoms with Gasteiger partial charge in [-0.2, -0.15) is 5.10 Å². The Hall–Kier alpha value is -1.62. The smallest absolute Gasteiger partial charge is 0.228 e. The summed E-state index contributed by atoms with van der Waals surface area (Å²) in [4.78, 5) is 12.7. The van der Waals surface area contributed by atoms with Gasteiger partial charge in [0.25, 0.3) is 0 Å². The Morgan fingerprint density at radius 1 is 1.39 bits per heavy atom. The molecule has 1 N–H and O–H groups in total. The van der Waals surface area contributed by atoms with Gasteiger partial charge in [0.1, 0.15) is 0 Å². The van der Waals surface area contributed by atoms with Crippen molar-refractivity contribution in [2.24, 2.45) is 17.3 Å². The van der Waals surface area contributed by atoms with Crippen molar-refractivity contribution in [2.75, 3.05) is 19.0 Å². The van der Waals surface area contributed by atoms with Crippen molar-refractivity contribution in [3.8, 4) is 0 Å². The number of hydrogen-bond acceptors (Lipinski definition) is 3. The van der Waals surface area contributed by atoms with Crippen LogP contribution in [0.15, 0.2) is 11.6 Å². The summed E-state index contributed by atoms with van der Waals surface area (Å²) in [7, 11) is 1.67. The number of carbonyl (C=O) groups excluding carboxylic acids is 1. The van der Waals surface area contributed by atoms with Crippen molar-refractivity contribution in [1.29, 1.82) is 0 Å². The number of allylic oxidation sites excluding steroid dienone is 2. The van der Waals surface area contributed by atoms with Crippen LogP contribution in [0.1, 0.15) is 39.1 Å². The fraction of sp³-hybridized carbons (Fsp3) is 0.667. The first-order valence-electron chi connectivity index (χ1n) is 8.19. The topological polar surface area (TPSA) is 56.1 Å². The lowest BCUT2D eigenvalue weighted by molar-refractivity contribution is -0.118. The Morgan fingerprint density at radius 2 is 2.04 bits per heavy atom. The van der Waals surface area contributed by atoms with E-state index in [0.717, 1.165) is 17.1 Å². The van der Waals surface area contributed by atoms with Crippen LogP contribution in [-0.4, -0.2) is 29.4 Å². The third-order valence-electron chi connectivity index (χ3n) is 4.84. The molecule has 128 valence electrons. The van der Waals surface area contributed by atoms with E-state index in [1.54, 1.807) is 7.11 Å². The second-order valence-electron chi connectivity index (χ2n) is 7.32. The van der Waals surface area contributed by atoms with Crippen LogP contribution in [0.3, 0.4) is 0 Å². The van der Waals surface area contributed by atoms with Gasteiger partial charge in [-0.15, -0.1) is 0 Å². The lowest BCUT2D eigenvalue weighted by Gasteiger charge is -2.07. The summed E-state index contributed by atoms with van der Waals surface area (Å²) in [6.07, 6.45) is 2.21. The zero-order valence-corrected chi connectivity index (χ0v) is 15.4. The highest BCUT2D eigenvalue weighted by Gasteiger charge is 2.60. The zero-order valence-electron chi connectivity index (χ0n) is 15.4. The molecule has 1 heterocycles. The van der Waals surface area contributed by atoms with E-state index in [1.807, 2.05) is 18.5 Å². The SMILES string of the molecule is COCCn1nc(C)c(NC(=O)[C@H]2[C@@H](C=C(C)C)C2(C)C)c1C. The van der Waals surface area contributed by atoms with Crippen molar-refractivity contribution < 1.29 is 9.53 Å². The minimum atomic E-state index is 0.0230. The maximum Gasteiger partial charge on any atom is 0.228 e. The summed E-state index contributed by atoms with van der Waals surface area (Å²) in [5, 5.41) is 7.60. The van der Waals surface area contributed by atoms with Gasteiger partial charge >= 0.3 is 0 Å². The molecule has 2 rings (SSSR count). The number of aryl methyl sites for hydroxylation is 1. The molecule has 2 atom stereocenters. The average Bonchev–Trinajstić information content (AvgIpc) is 2.87. The van der Waals surface area contributed by atoms with Crippen LogP contribution in [0.5, 0.6) is 0 Å². The Balaban J connectivity index is 2.13. The highest BCUT2D eigenvalue weighted by Crippen LogP contribution is 2.59. The highest BCUT2D eigenvalue weighted by molar-refractivity contribution is 5.96. The van der Waals surface area contributed by atoms with Gasteiger partial charge in [-0.3, -0.25) is 9.48 Å². The van der Waals surface area contributed by atoms with E-state index in [4.69, 9.17) is 4.74 Å². The van der Waals surface area contributed by atoms with Crippen LogP contribution in [0.4, 0.5) is 5.69 Å². The molecular formula is C18H29N3O2. The van der Waals surface area contributed by atoms with E-state index in [2.05, 4.69) is 44.2 Å². The van der Waals surface area contributed by atoms with Gasteiger partial charge in [-0.1, -0.05) is 25.5 Å². The van der Waals surface area contributed by atoms with Crippen LogP contribution in [0, 0.1) is 31.1 Å². The third kappa shape index (κ3) is 3.50. The molecular weight excluding hydrogens is 290 g/mol. The quantitative estimate of drug-likeness (QED) is 0.818. The molecule has 0 saturated heterocycles. The minimum absolute atomic E-state index is 0.0230. The maximum absolute atomic E-state index is 12.7. The molecule has 23 heavy (non-hydrogen) atoms. The molecule has 1 aliphatic rings. The number of aromatic nitrogens is 2. The lowest BCUT2D eigenvalue weighted by atomic mass is 10.1. The monoisotopic (exact) mass is 319 g/mol.